The fourth-order valence-corrected chi connectivity index (χ4v) is 11.1. The lowest BCUT2D eigenvalue weighted by Crippen LogP contribution is -2.04. The van der Waals surface area contributed by atoms with Crippen molar-refractivity contribution in [3.05, 3.63) is 200 Å². The molecule has 0 radical (unpaired) electrons. The van der Waals surface area contributed by atoms with Crippen LogP contribution < -0.4 is 0 Å². The topological polar surface area (TPSA) is 53.7 Å². The van der Waals surface area contributed by atoms with Gasteiger partial charge in [-0.05, 0) is 72.8 Å². The van der Waals surface area contributed by atoms with E-state index in [1.165, 1.54) is 30.9 Å². The molecule has 0 unspecified atom stereocenters. The first-order valence-corrected chi connectivity index (χ1v) is 22.0. The lowest BCUT2D eigenvalue weighted by molar-refractivity contribution is 0.673. The Balaban J connectivity index is 1.01. The molecule has 63 heavy (non-hydrogen) atoms. The molecule has 0 saturated heterocycles. The molecule has 5 heterocycles. The normalized spacial score (nSPS) is 12.1. The SMILES string of the molecule is c1ccc(-c2nnc(-c3ccccc3)n2-c2cccc3c4ccccc4n(-c4ccc5sc6ccc(-n7c8ccccc8c8c9oc%10ccccc%10c9ccc87)cc6c5c4)c23)cc1. The molecule has 0 bridgehead atoms. The Bertz CT molecular complexity index is 4090. The molecule has 0 aliphatic carbocycles. The Kier molecular flexibility index (Phi) is 7.17. The van der Waals surface area contributed by atoms with Gasteiger partial charge in [-0.3, -0.25) is 4.57 Å². The Labute approximate surface area is 363 Å². The van der Waals surface area contributed by atoms with Gasteiger partial charge in [0.25, 0.3) is 0 Å². The van der Waals surface area contributed by atoms with Crippen molar-refractivity contribution in [3.63, 3.8) is 0 Å². The van der Waals surface area contributed by atoms with E-state index in [0.717, 1.165) is 94.6 Å². The molecule has 14 rings (SSSR count). The fourth-order valence-electron chi connectivity index (χ4n) is 10.1. The summed E-state index contributed by atoms with van der Waals surface area (Å²) in [6.45, 7) is 0. The van der Waals surface area contributed by atoms with E-state index in [1.54, 1.807) is 0 Å². The average molecular weight is 824 g/mol. The van der Waals surface area contributed by atoms with Crippen molar-refractivity contribution in [1.29, 1.82) is 0 Å². The molecule has 0 spiro atoms. The van der Waals surface area contributed by atoms with Crippen LogP contribution in [-0.2, 0) is 0 Å². The van der Waals surface area contributed by atoms with Gasteiger partial charge in [0.15, 0.2) is 11.6 Å². The number of rotatable bonds is 5. The second-order valence-corrected chi connectivity index (χ2v) is 17.3. The quantitative estimate of drug-likeness (QED) is 0.174. The number of furan rings is 1. The molecule has 0 fully saturated rings. The number of aromatic nitrogens is 5. The largest absolute Gasteiger partial charge is 0.455 e. The van der Waals surface area contributed by atoms with E-state index >= 15 is 0 Å². The smallest absolute Gasteiger partial charge is 0.168 e. The van der Waals surface area contributed by atoms with Gasteiger partial charge in [-0.1, -0.05) is 127 Å². The van der Waals surface area contributed by atoms with Crippen LogP contribution in [0.5, 0.6) is 0 Å². The van der Waals surface area contributed by atoms with E-state index in [4.69, 9.17) is 14.6 Å². The summed E-state index contributed by atoms with van der Waals surface area (Å²) in [5, 5.41) is 19.1. The first kappa shape index (κ1) is 34.5. The van der Waals surface area contributed by atoms with Crippen LogP contribution in [-0.4, -0.2) is 23.9 Å². The summed E-state index contributed by atoms with van der Waals surface area (Å²) in [5.74, 6) is 1.58. The van der Waals surface area contributed by atoms with Crippen LogP contribution in [0.25, 0.3) is 126 Å². The number of hydrogen-bond acceptors (Lipinski definition) is 4. The monoisotopic (exact) mass is 823 g/mol. The summed E-state index contributed by atoms with van der Waals surface area (Å²) in [6.07, 6.45) is 0. The molecule has 294 valence electrons. The number of benzene rings is 9. The highest BCUT2D eigenvalue weighted by atomic mass is 32.1. The van der Waals surface area contributed by atoms with Gasteiger partial charge >= 0.3 is 0 Å². The van der Waals surface area contributed by atoms with Crippen molar-refractivity contribution >= 4 is 97.1 Å². The van der Waals surface area contributed by atoms with Crippen molar-refractivity contribution < 1.29 is 4.42 Å². The van der Waals surface area contributed by atoms with Crippen LogP contribution in [0.2, 0.25) is 0 Å². The summed E-state index contributed by atoms with van der Waals surface area (Å²) in [6, 6.07) is 71.4. The summed E-state index contributed by atoms with van der Waals surface area (Å²) in [7, 11) is 0. The van der Waals surface area contributed by atoms with Gasteiger partial charge in [0.1, 0.15) is 11.2 Å². The van der Waals surface area contributed by atoms with Crippen molar-refractivity contribution in [1.82, 2.24) is 23.9 Å². The number of hydrogen-bond donors (Lipinski definition) is 0. The Morgan fingerprint density at radius 2 is 0.952 bits per heavy atom. The molecule has 6 nitrogen and oxygen atoms in total. The van der Waals surface area contributed by atoms with Crippen LogP contribution in [0.15, 0.2) is 205 Å². The summed E-state index contributed by atoms with van der Waals surface area (Å²) in [4.78, 5) is 0. The minimum Gasteiger partial charge on any atom is -0.455 e. The van der Waals surface area contributed by atoms with Gasteiger partial charge < -0.3 is 13.6 Å². The number of para-hydroxylation sites is 4. The van der Waals surface area contributed by atoms with Gasteiger partial charge in [0.2, 0.25) is 0 Å². The third-order valence-electron chi connectivity index (χ3n) is 12.8. The maximum absolute atomic E-state index is 6.62. The summed E-state index contributed by atoms with van der Waals surface area (Å²) < 4.78 is 16.2. The standard InChI is InChI=1S/C56H33N5OS/c1-3-14-34(15-4-1)55-57-58-56(35-16-5-2-6-17-35)61(55)48-24-13-21-40-38-18-7-10-22-45(38)60(53(40)48)37-27-31-51-44(33-37)43-32-36(26-30-50(43)63-51)59-46-23-11-8-20-42(46)52-47(59)29-28-41-39-19-9-12-25-49(39)62-54(41)52/h1-33H. The Morgan fingerprint density at radius 1 is 0.381 bits per heavy atom. The molecule has 0 amide bonds. The van der Waals surface area contributed by atoms with Crippen molar-refractivity contribution in [2.24, 2.45) is 0 Å². The van der Waals surface area contributed by atoms with E-state index in [1.807, 2.05) is 29.5 Å². The number of thiophene rings is 1. The maximum atomic E-state index is 6.62. The Hall–Kier alpha value is -8.26. The van der Waals surface area contributed by atoms with E-state index < -0.39 is 0 Å². The maximum Gasteiger partial charge on any atom is 0.168 e. The molecule has 5 aromatic heterocycles. The second-order valence-electron chi connectivity index (χ2n) is 16.2. The zero-order valence-corrected chi connectivity index (χ0v) is 34.4. The molecule has 7 heteroatoms. The van der Waals surface area contributed by atoms with E-state index in [9.17, 15) is 0 Å². The molecule has 0 N–H and O–H groups in total. The predicted molar refractivity (Wildman–Crippen MR) is 261 cm³/mol. The van der Waals surface area contributed by atoms with Crippen molar-refractivity contribution in [3.8, 4) is 39.8 Å². The van der Waals surface area contributed by atoms with Crippen molar-refractivity contribution in [2.45, 2.75) is 0 Å². The van der Waals surface area contributed by atoms with Gasteiger partial charge in [0.05, 0.1) is 33.1 Å². The highest BCUT2D eigenvalue weighted by molar-refractivity contribution is 7.25. The lowest BCUT2D eigenvalue weighted by Gasteiger charge is -2.16. The average Bonchev–Trinajstić information content (AvgIpc) is 4.17. The molecule has 0 aliphatic rings. The van der Waals surface area contributed by atoms with Crippen molar-refractivity contribution in [2.75, 3.05) is 0 Å². The van der Waals surface area contributed by atoms with E-state index in [2.05, 4.69) is 196 Å². The van der Waals surface area contributed by atoms with Crippen LogP contribution >= 0.6 is 11.3 Å². The van der Waals surface area contributed by atoms with Crippen LogP contribution in [0.4, 0.5) is 0 Å². The van der Waals surface area contributed by atoms with Gasteiger partial charge in [-0.15, -0.1) is 21.5 Å². The number of nitrogens with zero attached hydrogens (tertiary/aromatic N) is 5. The molecule has 9 aromatic carbocycles. The van der Waals surface area contributed by atoms with Crippen LogP contribution in [0.3, 0.4) is 0 Å². The first-order chi connectivity index (χ1) is 31.3. The van der Waals surface area contributed by atoms with E-state index in [0.29, 0.717) is 0 Å². The molecule has 14 aromatic rings. The fraction of sp³-hybridized carbons (Fsp3) is 0. The predicted octanol–water partition coefficient (Wildman–Crippen LogP) is 15.1. The molecular formula is C56H33N5OS. The van der Waals surface area contributed by atoms with Gasteiger partial charge in [-0.25, -0.2) is 0 Å². The highest BCUT2D eigenvalue weighted by Crippen LogP contribution is 2.44. The molecule has 0 saturated carbocycles. The zero-order chi connectivity index (χ0) is 41.2. The Morgan fingerprint density at radius 3 is 1.65 bits per heavy atom. The van der Waals surface area contributed by atoms with Gasteiger partial charge in [0, 0.05) is 69.6 Å². The summed E-state index contributed by atoms with van der Waals surface area (Å²) >= 11 is 1.84. The zero-order valence-electron chi connectivity index (χ0n) is 33.6. The minimum absolute atomic E-state index is 0.789. The third kappa shape index (κ3) is 4.93. The molecular weight excluding hydrogens is 791 g/mol. The van der Waals surface area contributed by atoms with Crippen LogP contribution in [0.1, 0.15) is 0 Å². The number of fused-ring (bicyclic) bond motifs is 13. The van der Waals surface area contributed by atoms with E-state index in [-0.39, 0.29) is 0 Å². The first-order valence-electron chi connectivity index (χ1n) is 21.2. The lowest BCUT2D eigenvalue weighted by atomic mass is 10.1. The minimum atomic E-state index is 0.789. The highest BCUT2D eigenvalue weighted by Gasteiger charge is 2.24. The molecule has 0 aliphatic heterocycles. The molecule has 0 atom stereocenters. The summed E-state index contributed by atoms with van der Waals surface area (Å²) in [5.41, 5.74) is 11.5. The van der Waals surface area contributed by atoms with Gasteiger partial charge in [-0.2, -0.15) is 0 Å². The third-order valence-corrected chi connectivity index (χ3v) is 13.9. The second kappa shape index (κ2) is 13.1. The van der Waals surface area contributed by atoms with Crippen LogP contribution in [0, 0.1) is 0 Å².